The number of ether oxygens (including phenoxy) is 2. The Kier molecular flexibility index (Phi) is 7.95. The first kappa shape index (κ1) is 17.8. The largest absolute Gasteiger partial charge is 0.389 e. The van der Waals surface area contributed by atoms with Crippen LogP contribution in [0, 0.1) is 0 Å². The van der Waals surface area contributed by atoms with E-state index in [1.165, 1.54) is 0 Å². The normalized spacial score (nSPS) is 14.1. The van der Waals surface area contributed by atoms with Crippen LogP contribution in [0.4, 0.5) is 5.69 Å². The molecule has 0 aliphatic carbocycles. The molecule has 7 heteroatoms. The number of halogens is 3. The third kappa shape index (κ3) is 6.04. The molecule has 20 heavy (non-hydrogen) atoms. The zero-order valence-corrected chi connectivity index (χ0v) is 13.6. The monoisotopic (exact) mass is 341 g/mol. The molecular weight excluding hydrogens is 325 g/mol. The number of anilines is 1. The summed E-state index contributed by atoms with van der Waals surface area (Å²) in [4.78, 5) is 0. The van der Waals surface area contributed by atoms with Crippen molar-refractivity contribution >= 4 is 40.5 Å². The molecule has 1 aromatic rings. The highest BCUT2D eigenvalue weighted by atomic mass is 35.5. The van der Waals surface area contributed by atoms with Gasteiger partial charge in [-0.1, -0.05) is 34.8 Å². The molecule has 2 atom stereocenters. The number of hydrogen-bond acceptors (Lipinski definition) is 4. The lowest BCUT2D eigenvalue weighted by molar-refractivity contribution is -0.0282. The van der Waals surface area contributed by atoms with Gasteiger partial charge in [-0.25, -0.2) is 0 Å². The summed E-state index contributed by atoms with van der Waals surface area (Å²) >= 11 is 17.9. The van der Waals surface area contributed by atoms with E-state index in [1.54, 1.807) is 19.2 Å². The number of aliphatic hydroxyl groups excluding tert-OH is 1. The van der Waals surface area contributed by atoms with E-state index in [2.05, 4.69) is 5.32 Å². The van der Waals surface area contributed by atoms with E-state index < -0.39 is 6.10 Å². The van der Waals surface area contributed by atoms with Crippen LogP contribution in [0.5, 0.6) is 0 Å². The van der Waals surface area contributed by atoms with Gasteiger partial charge in [-0.05, 0) is 19.1 Å². The molecule has 0 saturated carbocycles. The lowest BCUT2D eigenvalue weighted by Gasteiger charge is -2.17. The average molecular weight is 343 g/mol. The van der Waals surface area contributed by atoms with Gasteiger partial charge in [-0.15, -0.1) is 0 Å². The van der Waals surface area contributed by atoms with Crippen LogP contribution in [0.2, 0.25) is 15.1 Å². The summed E-state index contributed by atoms with van der Waals surface area (Å²) in [5.41, 5.74) is 0.543. The van der Waals surface area contributed by atoms with Crippen molar-refractivity contribution in [3.63, 3.8) is 0 Å². The Bertz CT molecular complexity index is 408. The number of benzene rings is 1. The molecule has 0 aliphatic rings. The number of aliphatic hydroxyl groups is 1. The van der Waals surface area contributed by atoms with Crippen LogP contribution in [-0.4, -0.2) is 44.2 Å². The van der Waals surface area contributed by atoms with Crippen molar-refractivity contribution in [2.24, 2.45) is 0 Å². The summed E-state index contributed by atoms with van der Waals surface area (Å²) in [5, 5.41) is 14.1. The zero-order chi connectivity index (χ0) is 15.1. The summed E-state index contributed by atoms with van der Waals surface area (Å²) < 4.78 is 10.3. The molecule has 0 aliphatic heterocycles. The van der Waals surface area contributed by atoms with E-state index in [0.29, 0.717) is 27.4 Å². The minimum absolute atomic E-state index is 0.0719. The van der Waals surface area contributed by atoms with Gasteiger partial charge < -0.3 is 19.9 Å². The van der Waals surface area contributed by atoms with Crippen molar-refractivity contribution < 1.29 is 14.6 Å². The Morgan fingerprint density at radius 2 is 1.80 bits per heavy atom. The molecular formula is C13H18Cl3NO3. The van der Waals surface area contributed by atoms with Crippen molar-refractivity contribution in [3.05, 3.63) is 27.2 Å². The standard InChI is InChI=1S/C13H18Cl3NO3/c1-8(6-19-2)20-7-10(18)5-17-13-11(15)3-9(14)4-12(13)16/h3-4,8,10,17-18H,5-7H2,1-2H3. The molecule has 2 N–H and O–H groups in total. The van der Waals surface area contributed by atoms with Gasteiger partial charge in [0.25, 0.3) is 0 Å². The van der Waals surface area contributed by atoms with Crippen LogP contribution in [0.3, 0.4) is 0 Å². The summed E-state index contributed by atoms with van der Waals surface area (Å²) in [6, 6.07) is 3.17. The van der Waals surface area contributed by atoms with Crippen LogP contribution >= 0.6 is 34.8 Å². The smallest absolute Gasteiger partial charge is 0.0945 e. The number of rotatable bonds is 8. The van der Waals surface area contributed by atoms with Crippen molar-refractivity contribution in [1.82, 2.24) is 0 Å². The summed E-state index contributed by atoms with van der Waals surface area (Å²) in [7, 11) is 1.60. The van der Waals surface area contributed by atoms with Gasteiger partial charge in [0.2, 0.25) is 0 Å². The molecule has 1 aromatic carbocycles. The lowest BCUT2D eigenvalue weighted by Crippen LogP contribution is -2.28. The van der Waals surface area contributed by atoms with Crippen LogP contribution in [-0.2, 0) is 9.47 Å². The number of hydrogen-bond donors (Lipinski definition) is 2. The highest BCUT2D eigenvalue weighted by Crippen LogP contribution is 2.33. The molecule has 0 heterocycles. The second-order valence-corrected chi connectivity index (χ2v) is 5.63. The van der Waals surface area contributed by atoms with Gasteiger partial charge in [0.1, 0.15) is 0 Å². The maximum atomic E-state index is 9.82. The lowest BCUT2D eigenvalue weighted by atomic mass is 10.3. The molecule has 0 bridgehead atoms. The third-order valence-corrected chi connectivity index (χ3v) is 3.31. The average Bonchev–Trinajstić information content (AvgIpc) is 2.35. The van der Waals surface area contributed by atoms with E-state index in [1.807, 2.05) is 6.92 Å². The Balaban J connectivity index is 2.43. The van der Waals surface area contributed by atoms with Crippen molar-refractivity contribution in [2.45, 2.75) is 19.1 Å². The Morgan fingerprint density at radius 1 is 1.20 bits per heavy atom. The quantitative estimate of drug-likeness (QED) is 0.759. The van der Waals surface area contributed by atoms with E-state index >= 15 is 0 Å². The second-order valence-electron chi connectivity index (χ2n) is 4.38. The first-order valence-electron chi connectivity index (χ1n) is 6.11. The van der Waals surface area contributed by atoms with Crippen LogP contribution in [0.15, 0.2) is 12.1 Å². The fourth-order valence-corrected chi connectivity index (χ4v) is 2.50. The molecule has 4 nitrogen and oxygen atoms in total. The van der Waals surface area contributed by atoms with E-state index in [4.69, 9.17) is 44.3 Å². The number of methoxy groups -OCH3 is 1. The minimum atomic E-state index is -0.683. The molecule has 1 rings (SSSR count). The van der Waals surface area contributed by atoms with Gasteiger partial charge in [0.15, 0.2) is 0 Å². The van der Waals surface area contributed by atoms with Crippen molar-refractivity contribution in [3.8, 4) is 0 Å². The maximum absolute atomic E-state index is 9.82. The van der Waals surface area contributed by atoms with Gasteiger partial charge in [0, 0.05) is 18.7 Å². The molecule has 0 fully saturated rings. The molecule has 0 radical (unpaired) electrons. The SMILES string of the molecule is COCC(C)OCC(O)CNc1c(Cl)cc(Cl)cc1Cl. The van der Waals surface area contributed by atoms with Gasteiger partial charge in [-0.2, -0.15) is 0 Å². The maximum Gasteiger partial charge on any atom is 0.0945 e. The van der Waals surface area contributed by atoms with Gasteiger partial charge in [0.05, 0.1) is 41.2 Å². The second kappa shape index (κ2) is 8.93. The Hall–Kier alpha value is -0.230. The van der Waals surface area contributed by atoms with E-state index in [-0.39, 0.29) is 19.3 Å². The van der Waals surface area contributed by atoms with E-state index in [9.17, 15) is 5.11 Å². The Labute approximate surface area is 133 Å². The fraction of sp³-hybridized carbons (Fsp3) is 0.538. The zero-order valence-electron chi connectivity index (χ0n) is 11.3. The van der Waals surface area contributed by atoms with Crippen molar-refractivity contribution in [1.29, 1.82) is 0 Å². The first-order valence-corrected chi connectivity index (χ1v) is 7.24. The highest BCUT2D eigenvalue weighted by molar-refractivity contribution is 6.41. The molecule has 0 aromatic heterocycles. The van der Waals surface area contributed by atoms with Crippen molar-refractivity contribution in [2.75, 3.05) is 32.2 Å². The molecule has 2 unspecified atom stereocenters. The molecule has 0 saturated heterocycles. The predicted molar refractivity (Wildman–Crippen MR) is 83.3 cm³/mol. The molecule has 0 spiro atoms. The third-order valence-electron chi connectivity index (χ3n) is 2.50. The molecule has 114 valence electrons. The predicted octanol–water partition coefficient (Wildman–Crippen LogP) is 3.47. The highest BCUT2D eigenvalue weighted by Gasteiger charge is 2.11. The Morgan fingerprint density at radius 3 is 2.35 bits per heavy atom. The number of nitrogens with one attached hydrogen (secondary N) is 1. The first-order chi connectivity index (χ1) is 9.43. The summed E-state index contributed by atoms with van der Waals surface area (Å²) in [6.07, 6.45) is -0.755. The van der Waals surface area contributed by atoms with Crippen LogP contribution in [0.1, 0.15) is 6.92 Å². The summed E-state index contributed by atoms with van der Waals surface area (Å²) in [6.45, 7) is 2.81. The molecule has 0 amide bonds. The van der Waals surface area contributed by atoms with Crippen LogP contribution in [0.25, 0.3) is 0 Å². The van der Waals surface area contributed by atoms with Crippen LogP contribution < -0.4 is 5.32 Å². The van der Waals surface area contributed by atoms with E-state index in [0.717, 1.165) is 0 Å². The van der Waals surface area contributed by atoms with Gasteiger partial charge in [-0.3, -0.25) is 0 Å². The topological polar surface area (TPSA) is 50.7 Å². The summed E-state index contributed by atoms with van der Waals surface area (Å²) in [5.74, 6) is 0. The minimum Gasteiger partial charge on any atom is -0.389 e. The fourth-order valence-electron chi connectivity index (χ4n) is 1.55. The van der Waals surface area contributed by atoms with Gasteiger partial charge >= 0.3 is 0 Å².